The Morgan fingerprint density at radius 1 is 1.30 bits per heavy atom. The number of nitrogens with one attached hydrogen (secondary N) is 1. The number of anilines is 1. The second-order valence-electron chi connectivity index (χ2n) is 6.87. The molecule has 1 saturated carbocycles. The number of aromatic nitrogens is 3. The van der Waals surface area contributed by atoms with Gasteiger partial charge in [-0.25, -0.2) is 0 Å². The fraction of sp³-hybridized carbons (Fsp3) is 0.350. The van der Waals surface area contributed by atoms with Crippen molar-refractivity contribution in [2.75, 3.05) is 5.32 Å². The van der Waals surface area contributed by atoms with Crippen LogP contribution in [-0.4, -0.2) is 25.9 Å². The molecule has 0 radical (unpaired) electrons. The van der Waals surface area contributed by atoms with E-state index in [4.69, 9.17) is 0 Å². The molecule has 5 nitrogen and oxygen atoms in total. The zero-order valence-electron chi connectivity index (χ0n) is 15.4. The van der Waals surface area contributed by atoms with E-state index in [-0.39, 0.29) is 11.2 Å². The smallest absolute Gasteiger partial charge is 0.237 e. The first-order chi connectivity index (χ1) is 13.1. The Balaban J connectivity index is 1.46. The number of aryl methyl sites for hydroxylation is 1. The lowest BCUT2D eigenvalue weighted by Crippen LogP contribution is -2.23. The summed E-state index contributed by atoms with van der Waals surface area (Å²) in [5, 5.41) is 14.5. The minimum absolute atomic E-state index is 0.0194. The van der Waals surface area contributed by atoms with Crippen LogP contribution in [0.25, 0.3) is 0 Å². The molecule has 1 N–H and O–H groups in total. The summed E-state index contributed by atoms with van der Waals surface area (Å²) < 4.78 is 2.24. The molecule has 0 unspecified atom stereocenters. The second-order valence-corrected chi connectivity index (χ2v) is 9.21. The van der Waals surface area contributed by atoms with E-state index in [0.717, 1.165) is 35.9 Å². The van der Waals surface area contributed by atoms with Crippen molar-refractivity contribution in [1.29, 1.82) is 0 Å². The van der Waals surface area contributed by atoms with Crippen molar-refractivity contribution in [1.82, 2.24) is 14.8 Å². The molecular weight excluding hydrogens is 376 g/mol. The molecule has 0 spiro atoms. The van der Waals surface area contributed by atoms with Crippen molar-refractivity contribution >= 4 is 34.7 Å². The standard InChI is InChI=1S/C20H22N4OS2/c1-13-5-7-15(8-6-13)21-19(25)14(2)27-20-23-22-18(24(20)16-9-10-16)12-17-4-3-11-26-17/h3-8,11,14,16H,9-10,12H2,1-2H3,(H,21,25)/t14-/m0/s1. The molecule has 1 aromatic carbocycles. The van der Waals surface area contributed by atoms with Crippen LogP contribution in [-0.2, 0) is 11.2 Å². The zero-order valence-corrected chi connectivity index (χ0v) is 17.0. The molecule has 1 aliphatic carbocycles. The molecule has 7 heteroatoms. The number of hydrogen-bond donors (Lipinski definition) is 1. The SMILES string of the molecule is Cc1ccc(NC(=O)[C@H](C)Sc2nnc(Cc3cccs3)n2C2CC2)cc1. The van der Waals surface area contributed by atoms with E-state index in [1.807, 2.05) is 38.1 Å². The lowest BCUT2D eigenvalue weighted by atomic mass is 10.2. The third kappa shape index (κ3) is 4.42. The number of hydrogen-bond acceptors (Lipinski definition) is 5. The first kappa shape index (κ1) is 18.3. The Kier molecular flexibility index (Phi) is 5.31. The summed E-state index contributed by atoms with van der Waals surface area (Å²) in [6, 6.07) is 12.5. The van der Waals surface area contributed by atoms with Crippen LogP contribution in [0.15, 0.2) is 46.9 Å². The summed E-state index contributed by atoms with van der Waals surface area (Å²) in [6.07, 6.45) is 3.12. The third-order valence-electron chi connectivity index (χ3n) is 4.53. The Labute approximate surface area is 167 Å². The van der Waals surface area contributed by atoms with E-state index < -0.39 is 0 Å². The summed E-state index contributed by atoms with van der Waals surface area (Å²) >= 11 is 3.22. The van der Waals surface area contributed by atoms with Crippen LogP contribution in [0.4, 0.5) is 5.69 Å². The van der Waals surface area contributed by atoms with Gasteiger partial charge in [0.15, 0.2) is 5.16 Å². The first-order valence-corrected chi connectivity index (χ1v) is 10.9. The average Bonchev–Trinajstić information content (AvgIpc) is 3.21. The summed E-state index contributed by atoms with van der Waals surface area (Å²) in [4.78, 5) is 13.9. The Hall–Kier alpha value is -2.12. The number of amides is 1. The van der Waals surface area contributed by atoms with Crippen LogP contribution in [0.3, 0.4) is 0 Å². The molecule has 1 amide bonds. The van der Waals surface area contributed by atoms with Crippen molar-refractivity contribution in [3.8, 4) is 0 Å². The molecule has 4 rings (SSSR count). The Morgan fingerprint density at radius 3 is 2.74 bits per heavy atom. The van der Waals surface area contributed by atoms with Crippen molar-refractivity contribution in [3.05, 3.63) is 58.0 Å². The predicted molar refractivity (Wildman–Crippen MR) is 111 cm³/mol. The molecule has 0 aliphatic heterocycles. The van der Waals surface area contributed by atoms with Gasteiger partial charge in [-0.05, 0) is 50.3 Å². The number of carbonyl (C=O) groups excluding carboxylic acids is 1. The van der Waals surface area contributed by atoms with E-state index in [2.05, 4.69) is 37.6 Å². The van der Waals surface area contributed by atoms with Gasteiger partial charge < -0.3 is 9.88 Å². The van der Waals surface area contributed by atoms with Crippen molar-refractivity contribution in [2.45, 2.75) is 49.6 Å². The fourth-order valence-corrected chi connectivity index (χ4v) is 4.51. The summed E-state index contributed by atoms with van der Waals surface area (Å²) in [5.74, 6) is 0.975. The van der Waals surface area contributed by atoms with Gasteiger partial charge in [0.2, 0.25) is 5.91 Å². The highest BCUT2D eigenvalue weighted by Gasteiger charge is 2.31. The molecule has 1 aliphatic rings. The predicted octanol–water partition coefficient (Wildman–Crippen LogP) is 4.69. The van der Waals surface area contributed by atoms with Gasteiger partial charge in [-0.1, -0.05) is 35.5 Å². The molecule has 1 atom stereocenters. The van der Waals surface area contributed by atoms with Crippen LogP contribution in [0.1, 0.15) is 42.1 Å². The zero-order chi connectivity index (χ0) is 18.8. The fourth-order valence-electron chi connectivity index (χ4n) is 2.87. The number of nitrogens with zero attached hydrogens (tertiary/aromatic N) is 3. The molecule has 1 fully saturated rings. The molecule has 2 heterocycles. The molecule has 2 aromatic heterocycles. The first-order valence-electron chi connectivity index (χ1n) is 9.10. The number of thiophene rings is 1. The van der Waals surface area contributed by atoms with Crippen molar-refractivity contribution in [2.24, 2.45) is 0 Å². The van der Waals surface area contributed by atoms with Gasteiger partial charge in [0.05, 0.1) is 5.25 Å². The Morgan fingerprint density at radius 2 is 2.07 bits per heavy atom. The number of thioether (sulfide) groups is 1. The van der Waals surface area contributed by atoms with Crippen LogP contribution in [0.5, 0.6) is 0 Å². The average molecular weight is 399 g/mol. The molecule has 27 heavy (non-hydrogen) atoms. The maximum Gasteiger partial charge on any atom is 0.237 e. The maximum absolute atomic E-state index is 12.6. The number of benzene rings is 1. The molecular formula is C20H22N4OS2. The topological polar surface area (TPSA) is 59.8 Å². The van der Waals surface area contributed by atoms with Crippen LogP contribution in [0, 0.1) is 6.92 Å². The molecule has 0 saturated heterocycles. The minimum atomic E-state index is -0.248. The van der Waals surface area contributed by atoms with Gasteiger partial charge in [-0.3, -0.25) is 4.79 Å². The summed E-state index contributed by atoms with van der Waals surface area (Å²) in [7, 11) is 0. The van der Waals surface area contributed by atoms with E-state index >= 15 is 0 Å². The lowest BCUT2D eigenvalue weighted by molar-refractivity contribution is -0.115. The van der Waals surface area contributed by atoms with Gasteiger partial charge >= 0.3 is 0 Å². The van der Waals surface area contributed by atoms with Gasteiger partial charge in [0.1, 0.15) is 5.82 Å². The highest BCUT2D eigenvalue weighted by Crippen LogP contribution is 2.40. The summed E-state index contributed by atoms with van der Waals surface area (Å²) in [6.45, 7) is 3.95. The van der Waals surface area contributed by atoms with Crippen molar-refractivity contribution in [3.63, 3.8) is 0 Å². The van der Waals surface area contributed by atoms with E-state index in [9.17, 15) is 4.79 Å². The summed E-state index contributed by atoms with van der Waals surface area (Å²) in [5.41, 5.74) is 1.99. The van der Waals surface area contributed by atoms with Gasteiger partial charge in [-0.15, -0.1) is 21.5 Å². The minimum Gasteiger partial charge on any atom is -0.325 e. The lowest BCUT2D eigenvalue weighted by Gasteiger charge is -2.13. The third-order valence-corrected chi connectivity index (χ3v) is 6.46. The van der Waals surface area contributed by atoms with E-state index in [0.29, 0.717) is 6.04 Å². The quantitative estimate of drug-likeness (QED) is 0.587. The van der Waals surface area contributed by atoms with Crippen molar-refractivity contribution < 1.29 is 4.79 Å². The highest BCUT2D eigenvalue weighted by atomic mass is 32.2. The highest BCUT2D eigenvalue weighted by molar-refractivity contribution is 8.00. The number of carbonyl (C=O) groups is 1. The molecule has 3 aromatic rings. The van der Waals surface area contributed by atoms with Crippen LogP contribution >= 0.6 is 23.1 Å². The Bertz CT molecular complexity index is 914. The van der Waals surface area contributed by atoms with Gasteiger partial charge in [0.25, 0.3) is 0 Å². The maximum atomic E-state index is 12.6. The van der Waals surface area contributed by atoms with E-state index in [1.54, 1.807) is 11.3 Å². The van der Waals surface area contributed by atoms with Crippen LogP contribution in [0.2, 0.25) is 0 Å². The monoisotopic (exact) mass is 398 g/mol. The second kappa shape index (κ2) is 7.86. The van der Waals surface area contributed by atoms with E-state index in [1.165, 1.54) is 22.2 Å². The number of rotatable bonds is 7. The van der Waals surface area contributed by atoms with Gasteiger partial charge in [-0.2, -0.15) is 0 Å². The molecule has 0 bridgehead atoms. The van der Waals surface area contributed by atoms with Gasteiger partial charge in [0, 0.05) is 23.0 Å². The normalized spacial score (nSPS) is 14.9. The largest absolute Gasteiger partial charge is 0.325 e. The van der Waals surface area contributed by atoms with Crippen LogP contribution < -0.4 is 5.32 Å². The molecule has 140 valence electrons.